The Labute approximate surface area is 196 Å². The first-order valence-corrected chi connectivity index (χ1v) is 11.3. The van der Waals surface area contributed by atoms with Gasteiger partial charge in [-0.15, -0.1) is 11.3 Å². The Hall–Kier alpha value is -3.59. The molecular formula is C24H25N3O5S. The largest absolute Gasteiger partial charge is 0.493 e. The van der Waals surface area contributed by atoms with Crippen molar-refractivity contribution in [3.05, 3.63) is 52.3 Å². The minimum Gasteiger partial charge on any atom is -0.493 e. The number of aryl methyl sites for hydroxylation is 1. The monoisotopic (exact) mass is 467 g/mol. The third kappa shape index (κ3) is 5.09. The Morgan fingerprint density at radius 1 is 1.18 bits per heavy atom. The summed E-state index contributed by atoms with van der Waals surface area (Å²) in [6, 6.07) is 11.2. The Bertz CT molecular complexity index is 1180. The third-order valence-corrected chi connectivity index (χ3v) is 6.08. The number of nitrogens with one attached hydrogen (secondary N) is 1. The topological polar surface area (TPSA) is 90.0 Å². The Morgan fingerprint density at radius 3 is 2.73 bits per heavy atom. The van der Waals surface area contributed by atoms with E-state index in [0.29, 0.717) is 35.9 Å². The van der Waals surface area contributed by atoms with Crippen LogP contribution in [0.1, 0.15) is 10.6 Å². The number of anilines is 1. The fourth-order valence-corrected chi connectivity index (χ4v) is 4.23. The Kier molecular flexibility index (Phi) is 6.79. The lowest BCUT2D eigenvalue weighted by atomic mass is 10.1. The molecule has 8 nitrogen and oxygen atoms in total. The van der Waals surface area contributed by atoms with Crippen LogP contribution in [0.3, 0.4) is 0 Å². The van der Waals surface area contributed by atoms with E-state index in [-0.39, 0.29) is 25.0 Å². The fraction of sp³-hybridized carbons (Fsp3) is 0.292. The second kappa shape index (κ2) is 9.91. The summed E-state index contributed by atoms with van der Waals surface area (Å²) < 4.78 is 16.1. The lowest BCUT2D eigenvalue weighted by molar-refractivity contribution is -0.125. The summed E-state index contributed by atoms with van der Waals surface area (Å²) in [6.45, 7) is 2.19. The molecular weight excluding hydrogens is 442 g/mol. The molecule has 0 unspecified atom stereocenters. The molecule has 1 aromatic heterocycles. The number of thiazole rings is 1. The first-order chi connectivity index (χ1) is 16.0. The van der Waals surface area contributed by atoms with Crippen LogP contribution in [0.5, 0.6) is 17.2 Å². The Morgan fingerprint density at radius 2 is 2.00 bits per heavy atom. The van der Waals surface area contributed by atoms with Gasteiger partial charge in [0.2, 0.25) is 5.91 Å². The standard InChI is InChI=1S/C24H25N3O5S/c1-15-26-18(14-33-15)17-5-7-20-19(11-17)27(24(29)13-32-20)12-23(28)25-9-8-16-4-6-21(30-2)22(10-16)31-3/h4-7,10-11,14H,8-9,12-13H2,1-3H3,(H,25,28). The molecule has 1 aliphatic heterocycles. The highest BCUT2D eigenvalue weighted by Gasteiger charge is 2.28. The first kappa shape index (κ1) is 22.6. The normalized spacial score (nSPS) is 12.7. The van der Waals surface area contributed by atoms with E-state index in [2.05, 4.69) is 10.3 Å². The van der Waals surface area contributed by atoms with Gasteiger partial charge in [-0.2, -0.15) is 0 Å². The molecule has 0 radical (unpaired) electrons. The molecule has 0 saturated carbocycles. The van der Waals surface area contributed by atoms with Gasteiger partial charge in [-0.1, -0.05) is 6.07 Å². The quantitative estimate of drug-likeness (QED) is 0.547. The number of fused-ring (bicyclic) bond motifs is 1. The number of carbonyl (C=O) groups excluding carboxylic acids is 2. The number of methoxy groups -OCH3 is 2. The molecule has 0 fully saturated rings. The van der Waals surface area contributed by atoms with E-state index < -0.39 is 0 Å². The summed E-state index contributed by atoms with van der Waals surface area (Å²) in [6.07, 6.45) is 0.618. The minimum atomic E-state index is -0.260. The predicted molar refractivity (Wildman–Crippen MR) is 126 cm³/mol. The van der Waals surface area contributed by atoms with Crippen LogP contribution in [0.2, 0.25) is 0 Å². The lowest BCUT2D eigenvalue weighted by Crippen LogP contribution is -2.45. The second-order valence-electron chi connectivity index (χ2n) is 7.49. The molecule has 0 spiro atoms. The maximum Gasteiger partial charge on any atom is 0.265 e. The van der Waals surface area contributed by atoms with Gasteiger partial charge in [-0.05, 0) is 49.2 Å². The fourth-order valence-electron chi connectivity index (χ4n) is 3.61. The van der Waals surface area contributed by atoms with Gasteiger partial charge in [0.1, 0.15) is 12.3 Å². The highest BCUT2D eigenvalue weighted by Crippen LogP contribution is 2.36. The zero-order valence-corrected chi connectivity index (χ0v) is 19.5. The number of nitrogens with zero attached hydrogens (tertiary/aromatic N) is 2. The van der Waals surface area contributed by atoms with Crippen LogP contribution >= 0.6 is 11.3 Å². The molecule has 3 aromatic rings. The van der Waals surface area contributed by atoms with Crippen molar-refractivity contribution >= 4 is 28.8 Å². The van der Waals surface area contributed by atoms with Crippen molar-refractivity contribution in [2.75, 3.05) is 38.8 Å². The van der Waals surface area contributed by atoms with E-state index in [1.807, 2.05) is 48.7 Å². The molecule has 9 heteroatoms. The molecule has 2 aromatic carbocycles. The zero-order chi connectivity index (χ0) is 23.4. The number of aromatic nitrogens is 1. The van der Waals surface area contributed by atoms with Gasteiger partial charge < -0.3 is 19.5 Å². The van der Waals surface area contributed by atoms with Crippen molar-refractivity contribution in [1.29, 1.82) is 0 Å². The molecule has 2 heterocycles. The third-order valence-electron chi connectivity index (χ3n) is 5.30. The molecule has 0 aliphatic carbocycles. The van der Waals surface area contributed by atoms with Crippen molar-refractivity contribution in [3.63, 3.8) is 0 Å². The molecule has 4 rings (SSSR count). The average Bonchev–Trinajstić information content (AvgIpc) is 3.26. The maximum absolute atomic E-state index is 12.6. The zero-order valence-electron chi connectivity index (χ0n) is 18.7. The highest BCUT2D eigenvalue weighted by atomic mass is 32.1. The number of hydrogen-bond donors (Lipinski definition) is 1. The van der Waals surface area contributed by atoms with E-state index >= 15 is 0 Å². The molecule has 33 heavy (non-hydrogen) atoms. The van der Waals surface area contributed by atoms with Crippen molar-refractivity contribution in [2.24, 2.45) is 0 Å². The van der Waals surface area contributed by atoms with E-state index in [1.54, 1.807) is 25.6 Å². The van der Waals surface area contributed by atoms with Crippen molar-refractivity contribution < 1.29 is 23.8 Å². The molecule has 0 atom stereocenters. The van der Waals surface area contributed by atoms with Crippen LogP contribution in [0, 0.1) is 6.92 Å². The summed E-state index contributed by atoms with van der Waals surface area (Å²) >= 11 is 1.56. The molecule has 1 aliphatic rings. The predicted octanol–water partition coefficient (Wildman–Crippen LogP) is 3.22. The van der Waals surface area contributed by atoms with Gasteiger partial charge in [-0.25, -0.2) is 4.98 Å². The number of rotatable bonds is 8. The molecule has 2 amide bonds. The number of ether oxygens (including phenoxy) is 3. The summed E-state index contributed by atoms with van der Waals surface area (Å²) in [5.41, 5.74) is 3.28. The maximum atomic E-state index is 12.6. The molecule has 172 valence electrons. The van der Waals surface area contributed by atoms with E-state index in [1.165, 1.54) is 4.90 Å². The van der Waals surface area contributed by atoms with Crippen LogP contribution in [0.4, 0.5) is 5.69 Å². The van der Waals surface area contributed by atoms with Gasteiger partial charge in [0.05, 0.1) is 30.6 Å². The van der Waals surface area contributed by atoms with Crippen LogP contribution in [-0.2, 0) is 16.0 Å². The van der Waals surface area contributed by atoms with Crippen LogP contribution in [-0.4, -0.2) is 50.7 Å². The highest BCUT2D eigenvalue weighted by molar-refractivity contribution is 7.09. The van der Waals surface area contributed by atoms with Crippen LogP contribution in [0.25, 0.3) is 11.3 Å². The molecule has 0 bridgehead atoms. The van der Waals surface area contributed by atoms with Gasteiger partial charge in [0.15, 0.2) is 18.1 Å². The van der Waals surface area contributed by atoms with Gasteiger partial charge in [0, 0.05) is 17.5 Å². The number of hydrogen-bond acceptors (Lipinski definition) is 7. The molecule has 1 N–H and O–H groups in total. The van der Waals surface area contributed by atoms with Crippen molar-refractivity contribution in [1.82, 2.24) is 10.3 Å². The average molecular weight is 468 g/mol. The van der Waals surface area contributed by atoms with Crippen LogP contribution < -0.4 is 24.4 Å². The van der Waals surface area contributed by atoms with E-state index in [4.69, 9.17) is 14.2 Å². The second-order valence-corrected chi connectivity index (χ2v) is 8.55. The SMILES string of the molecule is COc1ccc(CCNC(=O)CN2C(=O)COc3ccc(-c4csc(C)n4)cc32)cc1OC. The van der Waals surface area contributed by atoms with Gasteiger partial charge in [0.25, 0.3) is 5.91 Å². The van der Waals surface area contributed by atoms with Gasteiger partial charge in [-0.3, -0.25) is 14.5 Å². The number of benzene rings is 2. The van der Waals surface area contributed by atoms with E-state index in [0.717, 1.165) is 21.8 Å². The van der Waals surface area contributed by atoms with Crippen LogP contribution in [0.15, 0.2) is 41.8 Å². The lowest BCUT2D eigenvalue weighted by Gasteiger charge is -2.29. The van der Waals surface area contributed by atoms with Crippen molar-refractivity contribution in [3.8, 4) is 28.5 Å². The van der Waals surface area contributed by atoms with Gasteiger partial charge >= 0.3 is 0 Å². The summed E-state index contributed by atoms with van der Waals surface area (Å²) in [5, 5.41) is 5.81. The summed E-state index contributed by atoms with van der Waals surface area (Å²) in [5.74, 6) is 1.36. The smallest absolute Gasteiger partial charge is 0.265 e. The number of carbonyl (C=O) groups is 2. The number of amides is 2. The summed E-state index contributed by atoms with van der Waals surface area (Å²) in [7, 11) is 3.17. The molecule has 0 saturated heterocycles. The first-order valence-electron chi connectivity index (χ1n) is 10.5. The van der Waals surface area contributed by atoms with Crippen molar-refractivity contribution in [2.45, 2.75) is 13.3 Å². The Balaban J connectivity index is 1.41. The summed E-state index contributed by atoms with van der Waals surface area (Å²) in [4.78, 5) is 31.2. The minimum absolute atomic E-state index is 0.0827. The van der Waals surface area contributed by atoms with E-state index in [9.17, 15) is 9.59 Å².